The molecule has 5 rings (SSSR count). The molecule has 104 valence electrons. The molecule has 4 heteroatoms. The lowest BCUT2D eigenvalue weighted by Crippen LogP contribution is -2.32. The number of carbonyl (C=O) groups is 2. The van der Waals surface area contributed by atoms with Gasteiger partial charge in [0.15, 0.2) is 0 Å². The van der Waals surface area contributed by atoms with Crippen molar-refractivity contribution in [3.8, 4) is 0 Å². The van der Waals surface area contributed by atoms with Gasteiger partial charge in [0.05, 0.1) is 17.5 Å². The van der Waals surface area contributed by atoms with E-state index >= 15 is 0 Å². The Morgan fingerprint density at radius 2 is 1.71 bits per heavy atom. The molecule has 2 amide bonds. The van der Waals surface area contributed by atoms with E-state index in [-0.39, 0.29) is 35.5 Å². The fourth-order valence-electron chi connectivity index (χ4n) is 4.34. The van der Waals surface area contributed by atoms with Crippen LogP contribution in [0.25, 0.3) is 10.9 Å². The van der Waals surface area contributed by atoms with E-state index in [1.54, 1.807) is 0 Å². The molecule has 1 aromatic carbocycles. The molecule has 3 aliphatic rings. The number of nitrogens with zero attached hydrogens (tertiary/aromatic N) is 1. The summed E-state index contributed by atoms with van der Waals surface area (Å²) < 4.78 is 0. The largest absolute Gasteiger partial charge is 0.361 e. The molecule has 1 aromatic heterocycles. The predicted octanol–water partition coefficient (Wildman–Crippen LogP) is 2.48. The number of fused-ring (bicyclic) bond motifs is 6. The Kier molecular flexibility index (Phi) is 1.96. The number of carbonyl (C=O) groups excluding carboxylic acids is 2. The molecule has 1 aliphatic heterocycles. The van der Waals surface area contributed by atoms with Gasteiger partial charge in [0, 0.05) is 17.1 Å². The molecule has 2 aliphatic carbocycles. The van der Waals surface area contributed by atoms with Crippen molar-refractivity contribution in [1.82, 2.24) is 4.98 Å². The third-order valence-corrected chi connectivity index (χ3v) is 5.27. The fourth-order valence-corrected chi connectivity index (χ4v) is 4.34. The number of allylic oxidation sites excluding steroid dienone is 2. The van der Waals surface area contributed by atoms with Gasteiger partial charge in [-0.05, 0) is 42.5 Å². The molecule has 21 heavy (non-hydrogen) atoms. The van der Waals surface area contributed by atoms with Crippen LogP contribution in [-0.4, -0.2) is 16.8 Å². The third-order valence-electron chi connectivity index (χ3n) is 5.27. The highest BCUT2D eigenvalue weighted by molar-refractivity contribution is 6.23. The van der Waals surface area contributed by atoms with Gasteiger partial charge in [0.2, 0.25) is 11.8 Å². The molecule has 2 bridgehead atoms. The number of amides is 2. The Labute approximate surface area is 121 Å². The molecule has 2 fully saturated rings. The summed E-state index contributed by atoms with van der Waals surface area (Å²) in [4.78, 5) is 30.0. The molecule has 0 unspecified atom stereocenters. The van der Waals surface area contributed by atoms with Gasteiger partial charge in [0.1, 0.15) is 0 Å². The zero-order valence-corrected chi connectivity index (χ0v) is 11.3. The number of imide groups is 1. The molecule has 2 aromatic rings. The number of aromatic amines is 1. The van der Waals surface area contributed by atoms with Gasteiger partial charge in [-0.25, -0.2) is 4.90 Å². The van der Waals surface area contributed by atoms with E-state index in [1.807, 2.05) is 30.5 Å². The van der Waals surface area contributed by atoms with Crippen molar-refractivity contribution in [2.45, 2.75) is 6.42 Å². The lowest BCUT2D eigenvalue weighted by atomic mass is 9.85. The first-order valence-electron chi connectivity index (χ1n) is 7.37. The minimum absolute atomic E-state index is 0.0169. The van der Waals surface area contributed by atoms with E-state index in [9.17, 15) is 9.59 Å². The highest BCUT2D eigenvalue weighted by Gasteiger charge is 2.59. The standard InChI is InChI=1S/C17H14N2O2/c20-16-14-10-1-2-11(7-10)15(14)17(21)19(16)12-3-4-13-9(8-12)5-6-18-13/h1-6,8,10-11,14-15,18H,7H2/t10-,11+,14-,15+. The van der Waals surface area contributed by atoms with Crippen LogP contribution in [0, 0.1) is 23.7 Å². The van der Waals surface area contributed by atoms with Gasteiger partial charge < -0.3 is 4.98 Å². The van der Waals surface area contributed by atoms with Crippen LogP contribution in [0.4, 0.5) is 5.69 Å². The highest BCUT2D eigenvalue weighted by Crippen LogP contribution is 2.53. The van der Waals surface area contributed by atoms with Crippen LogP contribution in [0.1, 0.15) is 6.42 Å². The van der Waals surface area contributed by atoms with E-state index in [0.717, 1.165) is 17.3 Å². The summed E-state index contributed by atoms with van der Waals surface area (Å²) in [6.45, 7) is 0. The van der Waals surface area contributed by atoms with Gasteiger partial charge in [-0.15, -0.1) is 0 Å². The summed E-state index contributed by atoms with van der Waals surface area (Å²) >= 11 is 0. The molecule has 4 atom stereocenters. The van der Waals surface area contributed by atoms with Crippen molar-refractivity contribution in [1.29, 1.82) is 0 Å². The summed E-state index contributed by atoms with van der Waals surface area (Å²) in [5.41, 5.74) is 1.71. The zero-order chi connectivity index (χ0) is 14.1. The second-order valence-electron chi connectivity index (χ2n) is 6.26. The Hall–Kier alpha value is -2.36. The maximum Gasteiger partial charge on any atom is 0.238 e. The van der Waals surface area contributed by atoms with E-state index in [2.05, 4.69) is 17.1 Å². The highest BCUT2D eigenvalue weighted by atomic mass is 16.2. The van der Waals surface area contributed by atoms with Gasteiger partial charge in [0.25, 0.3) is 0 Å². The van der Waals surface area contributed by atoms with Crippen LogP contribution in [-0.2, 0) is 9.59 Å². The van der Waals surface area contributed by atoms with Crippen LogP contribution in [0.15, 0.2) is 42.6 Å². The SMILES string of the molecule is O=C1[C@@H]2[C@H](C(=O)N1c1ccc3[nH]ccc3c1)[C@@H]1C=C[C@H]2C1. The van der Waals surface area contributed by atoms with Crippen molar-refractivity contribution in [3.05, 3.63) is 42.6 Å². The maximum absolute atomic E-state index is 12.7. The second-order valence-corrected chi connectivity index (χ2v) is 6.26. The van der Waals surface area contributed by atoms with Crippen LogP contribution >= 0.6 is 0 Å². The predicted molar refractivity (Wildman–Crippen MR) is 78.5 cm³/mol. The summed E-state index contributed by atoms with van der Waals surface area (Å²) in [7, 11) is 0. The summed E-state index contributed by atoms with van der Waals surface area (Å²) in [5.74, 6) is 0.229. The third kappa shape index (κ3) is 1.30. The first-order chi connectivity index (χ1) is 10.2. The summed E-state index contributed by atoms with van der Waals surface area (Å²) in [6.07, 6.45) is 7.07. The number of nitrogens with one attached hydrogen (secondary N) is 1. The number of rotatable bonds is 1. The van der Waals surface area contributed by atoms with Crippen LogP contribution < -0.4 is 4.90 Å². The molecule has 4 nitrogen and oxygen atoms in total. The molecule has 1 saturated carbocycles. The van der Waals surface area contributed by atoms with Crippen LogP contribution in [0.5, 0.6) is 0 Å². The van der Waals surface area contributed by atoms with Gasteiger partial charge in [-0.2, -0.15) is 0 Å². The molecule has 0 spiro atoms. The summed E-state index contributed by atoms with van der Waals surface area (Å²) in [6, 6.07) is 7.64. The second kappa shape index (κ2) is 3.64. The Morgan fingerprint density at radius 1 is 1.00 bits per heavy atom. The van der Waals surface area contributed by atoms with Crippen molar-refractivity contribution in [3.63, 3.8) is 0 Å². The number of benzene rings is 1. The van der Waals surface area contributed by atoms with Gasteiger partial charge >= 0.3 is 0 Å². The first kappa shape index (κ1) is 11.3. The Bertz CT molecular complexity index is 789. The quantitative estimate of drug-likeness (QED) is 0.643. The number of hydrogen-bond acceptors (Lipinski definition) is 2. The summed E-state index contributed by atoms with van der Waals surface area (Å²) in [5, 5.41) is 1.02. The van der Waals surface area contributed by atoms with Crippen molar-refractivity contribution < 1.29 is 9.59 Å². The monoisotopic (exact) mass is 278 g/mol. The lowest BCUT2D eigenvalue weighted by Gasteiger charge is -2.17. The number of aromatic nitrogens is 1. The molecule has 1 N–H and O–H groups in total. The van der Waals surface area contributed by atoms with Gasteiger partial charge in [-0.1, -0.05) is 12.2 Å². The average Bonchev–Trinajstić information content (AvgIpc) is 3.22. The van der Waals surface area contributed by atoms with Crippen LogP contribution in [0.3, 0.4) is 0 Å². The fraction of sp³-hybridized carbons (Fsp3) is 0.294. The molecular formula is C17H14N2O2. The smallest absolute Gasteiger partial charge is 0.238 e. The average molecular weight is 278 g/mol. The first-order valence-corrected chi connectivity index (χ1v) is 7.37. The number of hydrogen-bond donors (Lipinski definition) is 1. The zero-order valence-electron chi connectivity index (χ0n) is 11.3. The molecule has 2 heterocycles. The number of anilines is 1. The van der Waals surface area contributed by atoms with E-state index in [0.29, 0.717) is 5.69 Å². The Morgan fingerprint density at radius 3 is 2.43 bits per heavy atom. The maximum atomic E-state index is 12.7. The van der Waals surface area contributed by atoms with Crippen LogP contribution in [0.2, 0.25) is 0 Å². The minimum Gasteiger partial charge on any atom is -0.361 e. The van der Waals surface area contributed by atoms with Crippen molar-refractivity contribution >= 4 is 28.4 Å². The topological polar surface area (TPSA) is 53.2 Å². The molecular weight excluding hydrogens is 264 g/mol. The molecule has 0 radical (unpaired) electrons. The molecule has 1 saturated heterocycles. The van der Waals surface area contributed by atoms with E-state index < -0.39 is 0 Å². The van der Waals surface area contributed by atoms with E-state index in [4.69, 9.17) is 0 Å². The van der Waals surface area contributed by atoms with Crippen molar-refractivity contribution in [2.24, 2.45) is 23.7 Å². The van der Waals surface area contributed by atoms with Gasteiger partial charge in [-0.3, -0.25) is 9.59 Å². The Balaban J connectivity index is 1.61. The van der Waals surface area contributed by atoms with Crippen molar-refractivity contribution in [2.75, 3.05) is 4.90 Å². The minimum atomic E-state index is -0.130. The van der Waals surface area contributed by atoms with E-state index in [1.165, 1.54) is 4.90 Å². The lowest BCUT2D eigenvalue weighted by molar-refractivity contribution is -0.123. The number of H-pyrrole nitrogens is 1. The normalized spacial score (nSPS) is 33.4.